The van der Waals surface area contributed by atoms with Crippen molar-refractivity contribution in [2.75, 3.05) is 19.8 Å². The van der Waals surface area contributed by atoms with Crippen molar-refractivity contribution in [1.29, 1.82) is 0 Å². The summed E-state index contributed by atoms with van der Waals surface area (Å²) in [6.07, 6.45) is 4.28. The second kappa shape index (κ2) is 12.5. The van der Waals surface area contributed by atoms with Crippen molar-refractivity contribution in [2.45, 2.75) is 33.1 Å². The average molecular weight is 395 g/mol. The van der Waals surface area contributed by atoms with Crippen molar-refractivity contribution in [3.05, 3.63) is 65.7 Å². The zero-order valence-corrected chi connectivity index (χ0v) is 17.2. The molecular formula is C24H29NO4. The third-order valence-electron chi connectivity index (χ3n) is 4.38. The molecule has 0 fully saturated rings. The summed E-state index contributed by atoms with van der Waals surface area (Å²) in [4.78, 5) is 29.7. The Morgan fingerprint density at radius 3 is 2.41 bits per heavy atom. The number of unbranched alkanes of at least 4 members (excludes halogenated alkanes) is 1. The van der Waals surface area contributed by atoms with E-state index < -0.39 is 11.9 Å². The maximum absolute atomic E-state index is 13.0. The summed E-state index contributed by atoms with van der Waals surface area (Å²) < 4.78 is 10.6. The van der Waals surface area contributed by atoms with Gasteiger partial charge in [-0.1, -0.05) is 42.5 Å². The summed E-state index contributed by atoms with van der Waals surface area (Å²) >= 11 is 0. The highest BCUT2D eigenvalue weighted by Crippen LogP contribution is 2.22. The van der Waals surface area contributed by atoms with Crippen molar-refractivity contribution in [2.24, 2.45) is 10.9 Å². The van der Waals surface area contributed by atoms with Crippen molar-refractivity contribution in [3.8, 4) is 5.75 Å². The van der Waals surface area contributed by atoms with Gasteiger partial charge in [-0.15, -0.1) is 0 Å². The van der Waals surface area contributed by atoms with E-state index in [-0.39, 0.29) is 12.4 Å². The molecule has 2 rings (SSSR count). The summed E-state index contributed by atoms with van der Waals surface area (Å²) in [6.45, 7) is 4.77. The Labute approximate surface area is 172 Å². The molecule has 154 valence electrons. The van der Waals surface area contributed by atoms with Crippen LogP contribution in [0.3, 0.4) is 0 Å². The van der Waals surface area contributed by atoms with Crippen LogP contribution in [0, 0.1) is 5.92 Å². The quantitative estimate of drug-likeness (QED) is 0.174. The number of para-hydroxylation sites is 1. The van der Waals surface area contributed by atoms with Crippen LogP contribution < -0.4 is 4.74 Å². The standard InChI is InChI=1S/C24H29NO4/c1-3-28-22-16-9-8-15-20(22)23(26)21(24(27)29-4-2)18-25-17-11-10-14-19-12-6-5-7-13-19/h5-9,12-13,15-16,18,21H,3-4,10-11,14,17H2,1-2H3. The molecule has 0 aliphatic carbocycles. The predicted octanol–water partition coefficient (Wildman–Crippen LogP) is 4.54. The molecule has 0 bridgehead atoms. The number of carbonyl (C=O) groups excluding carboxylic acids is 2. The second-order valence-electron chi connectivity index (χ2n) is 6.52. The van der Waals surface area contributed by atoms with Gasteiger partial charge in [-0.05, 0) is 50.8 Å². The Kier molecular flexibility index (Phi) is 9.63. The lowest BCUT2D eigenvalue weighted by atomic mass is 9.97. The molecular weight excluding hydrogens is 366 g/mol. The molecule has 0 heterocycles. The van der Waals surface area contributed by atoms with E-state index >= 15 is 0 Å². The largest absolute Gasteiger partial charge is 0.493 e. The molecule has 0 saturated heterocycles. The number of aryl methyl sites for hydroxylation is 1. The Hall–Kier alpha value is -2.95. The molecule has 0 saturated carbocycles. The zero-order valence-electron chi connectivity index (χ0n) is 17.2. The van der Waals surface area contributed by atoms with Crippen LogP contribution in [0.1, 0.15) is 42.6 Å². The summed E-state index contributed by atoms with van der Waals surface area (Å²) in [5.41, 5.74) is 1.66. The van der Waals surface area contributed by atoms with Gasteiger partial charge in [-0.3, -0.25) is 14.6 Å². The highest BCUT2D eigenvalue weighted by Gasteiger charge is 2.29. The van der Waals surface area contributed by atoms with Crippen molar-refractivity contribution < 1.29 is 19.1 Å². The maximum Gasteiger partial charge on any atom is 0.322 e. The number of hydrogen-bond donors (Lipinski definition) is 0. The van der Waals surface area contributed by atoms with E-state index in [1.165, 1.54) is 11.8 Å². The zero-order chi connectivity index (χ0) is 20.9. The lowest BCUT2D eigenvalue weighted by Gasteiger charge is -2.13. The number of carbonyl (C=O) groups is 2. The van der Waals surface area contributed by atoms with E-state index in [0.717, 1.165) is 19.3 Å². The van der Waals surface area contributed by atoms with Crippen LogP contribution in [0.15, 0.2) is 59.6 Å². The first kappa shape index (κ1) is 22.3. The van der Waals surface area contributed by atoms with Crippen LogP contribution in [-0.2, 0) is 16.0 Å². The molecule has 5 heteroatoms. The van der Waals surface area contributed by atoms with Gasteiger partial charge >= 0.3 is 5.97 Å². The summed E-state index contributed by atoms with van der Waals surface area (Å²) in [5, 5.41) is 0. The van der Waals surface area contributed by atoms with Crippen LogP contribution in [0.4, 0.5) is 0 Å². The molecule has 0 aliphatic rings. The summed E-state index contributed by atoms with van der Waals surface area (Å²) in [7, 11) is 0. The number of Topliss-reactive ketones (excluding diaryl/α,β-unsaturated/α-hetero) is 1. The Morgan fingerprint density at radius 2 is 1.69 bits per heavy atom. The molecule has 0 aromatic heterocycles. The number of rotatable bonds is 12. The Bertz CT molecular complexity index is 802. The third-order valence-corrected chi connectivity index (χ3v) is 4.38. The molecule has 29 heavy (non-hydrogen) atoms. The van der Waals surface area contributed by atoms with Gasteiger partial charge in [0.2, 0.25) is 0 Å². The molecule has 1 atom stereocenters. The number of esters is 1. The van der Waals surface area contributed by atoms with E-state index in [9.17, 15) is 9.59 Å². The summed E-state index contributed by atoms with van der Waals surface area (Å²) in [5.74, 6) is -1.55. The average Bonchev–Trinajstić information content (AvgIpc) is 2.74. The Balaban J connectivity index is 1.99. The molecule has 2 aromatic carbocycles. The lowest BCUT2D eigenvalue weighted by Crippen LogP contribution is -2.28. The number of ether oxygens (including phenoxy) is 2. The predicted molar refractivity (Wildman–Crippen MR) is 115 cm³/mol. The topological polar surface area (TPSA) is 65.0 Å². The smallest absolute Gasteiger partial charge is 0.322 e. The first-order valence-electron chi connectivity index (χ1n) is 10.1. The van der Waals surface area contributed by atoms with Gasteiger partial charge < -0.3 is 9.47 Å². The van der Waals surface area contributed by atoms with Gasteiger partial charge in [-0.2, -0.15) is 0 Å². The minimum Gasteiger partial charge on any atom is -0.493 e. The first-order chi connectivity index (χ1) is 14.2. The molecule has 0 radical (unpaired) electrons. The molecule has 2 aromatic rings. The van der Waals surface area contributed by atoms with E-state index in [1.54, 1.807) is 31.2 Å². The number of hydrogen-bond acceptors (Lipinski definition) is 5. The molecule has 0 aliphatic heterocycles. The van der Waals surface area contributed by atoms with E-state index in [0.29, 0.717) is 24.5 Å². The van der Waals surface area contributed by atoms with Crippen LogP contribution >= 0.6 is 0 Å². The van der Waals surface area contributed by atoms with Crippen LogP contribution in [0.25, 0.3) is 0 Å². The number of benzene rings is 2. The van der Waals surface area contributed by atoms with Crippen LogP contribution in [0.5, 0.6) is 5.75 Å². The highest BCUT2D eigenvalue weighted by atomic mass is 16.5. The van der Waals surface area contributed by atoms with Gasteiger partial charge in [0, 0.05) is 12.8 Å². The van der Waals surface area contributed by atoms with Gasteiger partial charge in [0.15, 0.2) is 11.7 Å². The third kappa shape index (κ3) is 7.18. The maximum atomic E-state index is 13.0. The minimum atomic E-state index is -1.06. The van der Waals surface area contributed by atoms with Gasteiger partial charge in [0.1, 0.15) is 5.75 Å². The van der Waals surface area contributed by atoms with E-state index in [2.05, 4.69) is 17.1 Å². The number of aliphatic imine (C=N–C) groups is 1. The monoisotopic (exact) mass is 395 g/mol. The fourth-order valence-electron chi connectivity index (χ4n) is 2.94. The molecule has 1 unspecified atom stereocenters. The van der Waals surface area contributed by atoms with Crippen molar-refractivity contribution in [1.82, 2.24) is 0 Å². The number of ketones is 1. The van der Waals surface area contributed by atoms with Crippen LogP contribution in [0.2, 0.25) is 0 Å². The SMILES string of the molecule is CCOC(=O)C(C=NCCCCc1ccccc1)C(=O)c1ccccc1OCC. The molecule has 0 spiro atoms. The van der Waals surface area contributed by atoms with Gasteiger partial charge in [0.25, 0.3) is 0 Å². The fourth-order valence-corrected chi connectivity index (χ4v) is 2.94. The Morgan fingerprint density at radius 1 is 0.966 bits per heavy atom. The summed E-state index contributed by atoms with van der Waals surface area (Å²) in [6, 6.07) is 17.2. The van der Waals surface area contributed by atoms with E-state index in [1.807, 2.05) is 25.1 Å². The molecule has 5 nitrogen and oxygen atoms in total. The van der Waals surface area contributed by atoms with Crippen molar-refractivity contribution in [3.63, 3.8) is 0 Å². The van der Waals surface area contributed by atoms with E-state index in [4.69, 9.17) is 9.47 Å². The lowest BCUT2D eigenvalue weighted by molar-refractivity contribution is -0.143. The minimum absolute atomic E-state index is 0.209. The number of nitrogens with zero attached hydrogens (tertiary/aromatic N) is 1. The van der Waals surface area contributed by atoms with Crippen LogP contribution in [-0.4, -0.2) is 37.7 Å². The van der Waals surface area contributed by atoms with Crippen molar-refractivity contribution >= 4 is 18.0 Å². The highest BCUT2D eigenvalue weighted by molar-refractivity contribution is 6.19. The molecule has 0 amide bonds. The first-order valence-corrected chi connectivity index (χ1v) is 10.1. The van der Waals surface area contributed by atoms with Gasteiger partial charge in [-0.25, -0.2) is 0 Å². The normalized spacial score (nSPS) is 11.9. The fraction of sp³-hybridized carbons (Fsp3) is 0.375. The second-order valence-corrected chi connectivity index (χ2v) is 6.52. The van der Waals surface area contributed by atoms with Gasteiger partial charge in [0.05, 0.1) is 18.8 Å². The molecule has 0 N–H and O–H groups in total.